The highest BCUT2D eigenvalue weighted by molar-refractivity contribution is 5.66. The monoisotopic (exact) mass is 518 g/mol. The number of hydrogen-bond acceptors (Lipinski definition) is 4. The molecule has 11 heteroatoms. The van der Waals surface area contributed by atoms with Gasteiger partial charge in [-0.3, -0.25) is 9.69 Å². The molecule has 0 saturated carbocycles. The minimum atomic E-state index is -4.91. The number of alkyl halides is 6. The fraction of sp³-hybridized carbons (Fsp3) is 0.480. The van der Waals surface area contributed by atoms with E-state index in [0.29, 0.717) is 51.3 Å². The number of halogens is 6. The summed E-state index contributed by atoms with van der Waals surface area (Å²) in [5, 5.41) is 8.81. The van der Waals surface area contributed by atoms with E-state index in [0.717, 1.165) is 5.56 Å². The molecule has 2 aromatic carbocycles. The van der Waals surface area contributed by atoms with E-state index >= 15 is 0 Å². The smallest absolute Gasteiger partial charge is 0.416 e. The van der Waals surface area contributed by atoms with Gasteiger partial charge in [0.25, 0.3) is 0 Å². The Labute approximate surface area is 205 Å². The Balaban J connectivity index is 1.67. The van der Waals surface area contributed by atoms with Crippen LogP contribution < -0.4 is 0 Å². The quantitative estimate of drug-likeness (QED) is 0.423. The van der Waals surface area contributed by atoms with Crippen molar-refractivity contribution in [1.29, 1.82) is 0 Å². The fourth-order valence-corrected chi connectivity index (χ4v) is 4.23. The number of rotatable bonds is 10. The molecule has 1 aliphatic rings. The topological polar surface area (TPSA) is 53.0 Å². The molecule has 0 aliphatic carbocycles. The summed E-state index contributed by atoms with van der Waals surface area (Å²) >= 11 is 0. The summed E-state index contributed by atoms with van der Waals surface area (Å²) in [6.07, 6.45) is -9.16. The maximum absolute atomic E-state index is 13.2. The van der Waals surface area contributed by atoms with Crippen LogP contribution in [0.3, 0.4) is 0 Å². The van der Waals surface area contributed by atoms with E-state index in [4.69, 9.17) is 9.84 Å². The number of piperazine rings is 1. The van der Waals surface area contributed by atoms with Gasteiger partial charge in [0.1, 0.15) is 0 Å². The number of carboxylic acids is 1. The second kappa shape index (κ2) is 12.1. The molecule has 0 spiro atoms. The molecule has 0 amide bonds. The second-order valence-electron chi connectivity index (χ2n) is 8.73. The molecule has 1 unspecified atom stereocenters. The molecule has 36 heavy (non-hydrogen) atoms. The second-order valence-corrected chi connectivity index (χ2v) is 8.73. The van der Waals surface area contributed by atoms with Gasteiger partial charge in [-0.05, 0) is 42.3 Å². The van der Waals surface area contributed by atoms with E-state index in [-0.39, 0.29) is 30.7 Å². The molecule has 1 saturated heterocycles. The summed E-state index contributed by atoms with van der Waals surface area (Å²) < 4.78 is 84.6. The van der Waals surface area contributed by atoms with Crippen LogP contribution >= 0.6 is 0 Å². The first-order chi connectivity index (χ1) is 16.9. The summed E-state index contributed by atoms with van der Waals surface area (Å²) in [6, 6.07) is 10.6. The van der Waals surface area contributed by atoms with Crippen LogP contribution in [-0.2, 0) is 28.5 Å². The first-order valence-corrected chi connectivity index (χ1v) is 11.5. The lowest BCUT2D eigenvalue weighted by atomic mass is 10.0. The lowest BCUT2D eigenvalue weighted by Gasteiger charge is -2.39. The molecule has 3 rings (SSSR count). The summed E-state index contributed by atoms with van der Waals surface area (Å²) in [7, 11) is 0. The average molecular weight is 518 g/mol. The molecule has 1 heterocycles. The van der Waals surface area contributed by atoms with Crippen molar-refractivity contribution < 1.29 is 41.0 Å². The first kappa shape index (κ1) is 27.9. The van der Waals surface area contributed by atoms with Crippen molar-refractivity contribution in [2.75, 3.05) is 39.3 Å². The number of ether oxygens (including phenoxy) is 1. The number of hydrogen-bond donors (Lipinski definition) is 1. The number of carbonyl (C=O) groups is 1. The van der Waals surface area contributed by atoms with Crippen LogP contribution in [0.5, 0.6) is 0 Å². The molecule has 0 aromatic heterocycles. The van der Waals surface area contributed by atoms with Crippen LogP contribution in [-0.4, -0.2) is 60.2 Å². The van der Waals surface area contributed by atoms with Gasteiger partial charge in [-0.2, -0.15) is 26.3 Å². The molecule has 1 N–H and O–H groups in total. The van der Waals surface area contributed by atoms with Crippen LogP contribution in [0.4, 0.5) is 26.3 Å². The van der Waals surface area contributed by atoms with Crippen LogP contribution in [0.2, 0.25) is 0 Å². The number of nitrogens with zero attached hydrogens (tertiary/aromatic N) is 2. The Morgan fingerprint density at radius 3 is 2.03 bits per heavy atom. The Kier molecular flexibility index (Phi) is 9.37. The molecular weight excluding hydrogens is 490 g/mol. The summed E-state index contributed by atoms with van der Waals surface area (Å²) in [5.41, 5.74) is -2.01. The lowest BCUT2D eigenvalue weighted by Crippen LogP contribution is -2.48. The lowest BCUT2D eigenvalue weighted by molar-refractivity contribution is -0.143. The van der Waals surface area contributed by atoms with Gasteiger partial charge in [0.15, 0.2) is 0 Å². The molecule has 1 aliphatic heterocycles. The van der Waals surface area contributed by atoms with Gasteiger partial charge < -0.3 is 14.7 Å². The van der Waals surface area contributed by atoms with Crippen molar-refractivity contribution in [3.05, 3.63) is 70.8 Å². The van der Waals surface area contributed by atoms with Crippen molar-refractivity contribution >= 4 is 5.97 Å². The van der Waals surface area contributed by atoms with Crippen LogP contribution in [0.25, 0.3) is 0 Å². The van der Waals surface area contributed by atoms with Crippen LogP contribution in [0.1, 0.15) is 41.1 Å². The number of aliphatic carboxylic acids is 1. The maximum Gasteiger partial charge on any atom is 0.416 e. The van der Waals surface area contributed by atoms with Crippen LogP contribution in [0, 0.1) is 0 Å². The Morgan fingerprint density at radius 1 is 0.917 bits per heavy atom. The summed E-state index contributed by atoms with van der Waals surface area (Å²) in [6.45, 7) is 3.11. The zero-order chi connectivity index (χ0) is 26.3. The zero-order valence-electron chi connectivity index (χ0n) is 19.5. The standard InChI is InChI=1S/C25H28F6N2O3/c26-24(27,28)20-13-18(14-21(15-20)25(29,30)31)16-36-17-22(19-5-2-1-3-6-19)33-11-9-32(10-12-33)8-4-7-23(34)35/h1-3,5-6,13-15,22H,4,7-12,16-17H2,(H,34,35). The molecule has 0 radical (unpaired) electrons. The van der Waals surface area contributed by atoms with E-state index in [1.165, 1.54) is 0 Å². The van der Waals surface area contributed by atoms with E-state index in [2.05, 4.69) is 9.80 Å². The minimum absolute atomic E-state index is 0.0840. The minimum Gasteiger partial charge on any atom is -0.481 e. The predicted octanol–water partition coefficient (Wildman–Crippen LogP) is 5.46. The van der Waals surface area contributed by atoms with Crippen molar-refractivity contribution in [3.63, 3.8) is 0 Å². The fourth-order valence-electron chi connectivity index (χ4n) is 4.23. The third kappa shape index (κ3) is 8.21. The number of benzene rings is 2. The molecule has 198 valence electrons. The Hall–Kier alpha value is -2.63. The van der Waals surface area contributed by atoms with E-state index < -0.39 is 36.1 Å². The molecule has 5 nitrogen and oxygen atoms in total. The third-order valence-corrected chi connectivity index (χ3v) is 6.09. The highest BCUT2D eigenvalue weighted by atomic mass is 19.4. The maximum atomic E-state index is 13.2. The molecular formula is C25H28F6N2O3. The summed E-state index contributed by atoms with van der Waals surface area (Å²) in [4.78, 5) is 15.1. The molecule has 2 aromatic rings. The van der Waals surface area contributed by atoms with Gasteiger partial charge in [0.05, 0.1) is 30.4 Å². The van der Waals surface area contributed by atoms with Gasteiger partial charge in [0, 0.05) is 32.6 Å². The number of carboxylic acid groups (broad SMARTS) is 1. The SMILES string of the molecule is O=C(O)CCCN1CCN(C(COCc2cc(C(F)(F)F)cc(C(F)(F)F)c2)c2ccccc2)CC1. The highest BCUT2D eigenvalue weighted by Gasteiger charge is 2.37. The van der Waals surface area contributed by atoms with E-state index in [1.807, 2.05) is 30.3 Å². The van der Waals surface area contributed by atoms with Crippen molar-refractivity contribution in [3.8, 4) is 0 Å². The van der Waals surface area contributed by atoms with Gasteiger partial charge in [0.2, 0.25) is 0 Å². The molecule has 0 bridgehead atoms. The largest absolute Gasteiger partial charge is 0.481 e. The highest BCUT2D eigenvalue weighted by Crippen LogP contribution is 2.36. The van der Waals surface area contributed by atoms with Crippen LogP contribution in [0.15, 0.2) is 48.5 Å². The first-order valence-electron chi connectivity index (χ1n) is 11.5. The third-order valence-electron chi connectivity index (χ3n) is 6.09. The van der Waals surface area contributed by atoms with E-state index in [9.17, 15) is 31.1 Å². The predicted molar refractivity (Wildman–Crippen MR) is 120 cm³/mol. The molecule has 1 fully saturated rings. The van der Waals surface area contributed by atoms with Crippen molar-refractivity contribution in [2.45, 2.75) is 37.8 Å². The van der Waals surface area contributed by atoms with Gasteiger partial charge in [-0.1, -0.05) is 30.3 Å². The summed E-state index contributed by atoms with van der Waals surface area (Å²) in [5.74, 6) is -0.835. The van der Waals surface area contributed by atoms with Gasteiger partial charge in [-0.15, -0.1) is 0 Å². The van der Waals surface area contributed by atoms with Gasteiger partial charge >= 0.3 is 18.3 Å². The van der Waals surface area contributed by atoms with Crippen molar-refractivity contribution in [2.24, 2.45) is 0 Å². The normalized spacial score (nSPS) is 16.7. The van der Waals surface area contributed by atoms with Crippen molar-refractivity contribution in [1.82, 2.24) is 9.80 Å². The Bertz CT molecular complexity index is 957. The average Bonchev–Trinajstić information content (AvgIpc) is 2.81. The molecule has 1 atom stereocenters. The zero-order valence-corrected chi connectivity index (χ0v) is 19.5. The van der Waals surface area contributed by atoms with Gasteiger partial charge in [-0.25, -0.2) is 0 Å². The van der Waals surface area contributed by atoms with E-state index in [1.54, 1.807) is 0 Å². The Morgan fingerprint density at radius 2 is 1.50 bits per heavy atom.